The average Bonchev–Trinajstić information content (AvgIpc) is 2.07. The van der Waals surface area contributed by atoms with Crippen molar-refractivity contribution >= 4 is 37.2 Å². The minimum Gasteiger partial charge on any atom is -0.317 e. The Balaban J connectivity index is -0.000000403. The van der Waals surface area contributed by atoms with Crippen LogP contribution in [0.25, 0.3) is 0 Å². The molecule has 0 aliphatic heterocycles. The minimum absolute atomic E-state index is 0. The fourth-order valence-electron chi connectivity index (χ4n) is 1.05. The molecule has 0 spiro atoms. The van der Waals surface area contributed by atoms with Crippen molar-refractivity contribution in [1.82, 2.24) is 5.32 Å². The average molecular weight is 259 g/mol. The summed E-state index contributed by atoms with van der Waals surface area (Å²) < 4.78 is 0. The maximum atomic E-state index is 3.30. The summed E-state index contributed by atoms with van der Waals surface area (Å²) in [6.45, 7) is 4.28. The highest BCUT2D eigenvalue weighted by Crippen LogP contribution is 1.97. The van der Waals surface area contributed by atoms with Gasteiger partial charge in [0.05, 0.1) is 0 Å². The van der Waals surface area contributed by atoms with Crippen LogP contribution in [0, 0.1) is 0 Å². The Morgan fingerprint density at radius 3 is 2.07 bits per heavy atom. The molecule has 0 heterocycles. The van der Waals surface area contributed by atoms with Crippen LogP contribution in [0.3, 0.4) is 0 Å². The van der Waals surface area contributed by atoms with Crippen LogP contribution in [0.15, 0.2) is 30.3 Å². The van der Waals surface area contributed by atoms with Crippen LogP contribution in [-0.2, 0) is 6.42 Å². The number of benzene rings is 1. The molecular formula is C10H18Cl3N. The lowest BCUT2D eigenvalue weighted by atomic mass is 10.1. The molecule has 0 fully saturated rings. The van der Waals surface area contributed by atoms with Gasteiger partial charge in [0, 0.05) is 0 Å². The monoisotopic (exact) mass is 257 g/mol. The summed E-state index contributed by atoms with van der Waals surface area (Å²) in [5.41, 5.74) is 1.41. The quantitative estimate of drug-likeness (QED) is 0.819. The summed E-state index contributed by atoms with van der Waals surface area (Å²) in [4.78, 5) is 0. The van der Waals surface area contributed by atoms with E-state index in [2.05, 4.69) is 42.6 Å². The van der Waals surface area contributed by atoms with E-state index < -0.39 is 0 Å². The normalized spacial score (nSPS) is 7.79. The van der Waals surface area contributed by atoms with Crippen molar-refractivity contribution in [2.45, 2.75) is 13.3 Å². The zero-order chi connectivity index (χ0) is 7.94. The summed E-state index contributed by atoms with van der Waals surface area (Å²) >= 11 is 0. The SMILES string of the molecule is CCNCCc1ccccc1.Cl.Cl.Cl. The van der Waals surface area contributed by atoms with Crippen molar-refractivity contribution in [2.75, 3.05) is 13.1 Å². The fraction of sp³-hybridized carbons (Fsp3) is 0.400. The second-order valence-electron chi connectivity index (χ2n) is 2.59. The van der Waals surface area contributed by atoms with Gasteiger partial charge in [-0.05, 0) is 25.1 Å². The molecular weight excluding hydrogens is 240 g/mol. The van der Waals surface area contributed by atoms with E-state index in [-0.39, 0.29) is 37.2 Å². The van der Waals surface area contributed by atoms with Gasteiger partial charge in [-0.3, -0.25) is 0 Å². The first kappa shape index (κ1) is 19.6. The van der Waals surface area contributed by atoms with E-state index in [4.69, 9.17) is 0 Å². The predicted molar refractivity (Wildman–Crippen MR) is 70.4 cm³/mol. The van der Waals surface area contributed by atoms with Gasteiger partial charge in [-0.15, -0.1) is 37.2 Å². The van der Waals surface area contributed by atoms with Gasteiger partial charge in [0.25, 0.3) is 0 Å². The third-order valence-corrected chi connectivity index (χ3v) is 1.68. The van der Waals surface area contributed by atoms with Gasteiger partial charge < -0.3 is 5.32 Å². The number of likely N-dealkylation sites (N-methyl/N-ethyl adjacent to an activating group) is 1. The Hall–Kier alpha value is 0.0500. The van der Waals surface area contributed by atoms with Gasteiger partial charge >= 0.3 is 0 Å². The number of hydrogen-bond acceptors (Lipinski definition) is 1. The third kappa shape index (κ3) is 8.64. The van der Waals surface area contributed by atoms with Gasteiger partial charge in [-0.2, -0.15) is 0 Å². The van der Waals surface area contributed by atoms with Crippen molar-refractivity contribution in [3.63, 3.8) is 0 Å². The Kier molecular flexibility index (Phi) is 18.3. The Morgan fingerprint density at radius 1 is 1.00 bits per heavy atom. The number of rotatable bonds is 4. The maximum Gasteiger partial charge on any atom is -0.000847 e. The van der Waals surface area contributed by atoms with E-state index in [0.29, 0.717) is 0 Å². The first-order chi connectivity index (χ1) is 5.43. The molecule has 1 aromatic carbocycles. The van der Waals surface area contributed by atoms with Crippen LogP contribution in [0.1, 0.15) is 12.5 Å². The van der Waals surface area contributed by atoms with Crippen LogP contribution in [0.2, 0.25) is 0 Å². The molecule has 1 N–H and O–H groups in total. The summed E-state index contributed by atoms with van der Waals surface area (Å²) in [6.07, 6.45) is 1.13. The topological polar surface area (TPSA) is 12.0 Å². The molecule has 0 atom stereocenters. The molecule has 0 aliphatic carbocycles. The first-order valence-corrected chi connectivity index (χ1v) is 4.18. The molecule has 14 heavy (non-hydrogen) atoms. The summed E-state index contributed by atoms with van der Waals surface area (Å²) in [7, 11) is 0. The summed E-state index contributed by atoms with van der Waals surface area (Å²) in [5, 5.41) is 3.30. The van der Waals surface area contributed by atoms with Gasteiger partial charge in [0.2, 0.25) is 0 Å². The number of hydrogen-bond donors (Lipinski definition) is 1. The Morgan fingerprint density at radius 2 is 1.57 bits per heavy atom. The smallest absolute Gasteiger partial charge is 0.000847 e. The van der Waals surface area contributed by atoms with Crippen LogP contribution < -0.4 is 5.32 Å². The van der Waals surface area contributed by atoms with Gasteiger partial charge in [0.1, 0.15) is 0 Å². The highest BCUT2D eigenvalue weighted by atomic mass is 35.5. The van der Waals surface area contributed by atoms with Crippen LogP contribution in [0.5, 0.6) is 0 Å². The predicted octanol–water partition coefficient (Wildman–Crippen LogP) is 3.10. The zero-order valence-electron chi connectivity index (χ0n) is 8.23. The molecule has 0 bridgehead atoms. The van der Waals surface area contributed by atoms with Gasteiger partial charge in [-0.1, -0.05) is 37.3 Å². The lowest BCUT2D eigenvalue weighted by Gasteiger charge is -2.00. The minimum atomic E-state index is 0. The van der Waals surface area contributed by atoms with Gasteiger partial charge in [-0.25, -0.2) is 0 Å². The second-order valence-corrected chi connectivity index (χ2v) is 2.59. The second kappa shape index (κ2) is 13.1. The van der Waals surface area contributed by atoms with Crippen molar-refractivity contribution in [3.05, 3.63) is 35.9 Å². The molecule has 0 amide bonds. The molecule has 1 nitrogen and oxygen atoms in total. The zero-order valence-corrected chi connectivity index (χ0v) is 10.7. The van der Waals surface area contributed by atoms with Gasteiger partial charge in [0.15, 0.2) is 0 Å². The molecule has 4 heteroatoms. The lowest BCUT2D eigenvalue weighted by Crippen LogP contribution is -2.15. The highest BCUT2D eigenvalue weighted by Gasteiger charge is 1.88. The highest BCUT2D eigenvalue weighted by molar-refractivity contribution is 5.86. The lowest BCUT2D eigenvalue weighted by molar-refractivity contribution is 0.716. The van der Waals surface area contributed by atoms with E-state index >= 15 is 0 Å². The molecule has 1 rings (SSSR count). The van der Waals surface area contributed by atoms with Crippen molar-refractivity contribution < 1.29 is 0 Å². The van der Waals surface area contributed by atoms with E-state index in [1.54, 1.807) is 0 Å². The molecule has 0 aromatic heterocycles. The molecule has 1 aromatic rings. The Bertz CT molecular complexity index is 192. The number of halogens is 3. The Labute approximate surface area is 105 Å². The summed E-state index contributed by atoms with van der Waals surface area (Å²) in [5.74, 6) is 0. The van der Waals surface area contributed by atoms with Crippen molar-refractivity contribution in [2.24, 2.45) is 0 Å². The van der Waals surface area contributed by atoms with Crippen LogP contribution >= 0.6 is 37.2 Å². The first-order valence-electron chi connectivity index (χ1n) is 4.18. The molecule has 0 saturated carbocycles. The summed E-state index contributed by atoms with van der Waals surface area (Å²) in [6, 6.07) is 10.5. The van der Waals surface area contributed by atoms with E-state index in [1.807, 2.05) is 0 Å². The van der Waals surface area contributed by atoms with Crippen LogP contribution in [-0.4, -0.2) is 13.1 Å². The van der Waals surface area contributed by atoms with Crippen LogP contribution in [0.4, 0.5) is 0 Å². The third-order valence-electron chi connectivity index (χ3n) is 1.68. The van der Waals surface area contributed by atoms with Crippen molar-refractivity contribution in [3.8, 4) is 0 Å². The maximum absolute atomic E-state index is 3.30. The van der Waals surface area contributed by atoms with E-state index in [0.717, 1.165) is 19.5 Å². The van der Waals surface area contributed by atoms with Crippen molar-refractivity contribution in [1.29, 1.82) is 0 Å². The molecule has 0 radical (unpaired) electrons. The molecule has 0 aliphatic rings. The van der Waals surface area contributed by atoms with E-state index in [1.165, 1.54) is 5.56 Å². The number of nitrogens with one attached hydrogen (secondary N) is 1. The van der Waals surface area contributed by atoms with E-state index in [9.17, 15) is 0 Å². The fourth-order valence-corrected chi connectivity index (χ4v) is 1.05. The molecule has 0 saturated heterocycles. The molecule has 0 unspecified atom stereocenters. The standard InChI is InChI=1S/C10H15N.3ClH/c1-2-11-9-8-10-6-4-3-5-7-10;;;/h3-7,11H,2,8-9H2,1H3;3*1H. The molecule has 84 valence electrons. The largest absolute Gasteiger partial charge is 0.317 e.